The third kappa shape index (κ3) is 6.35. The number of carbonyl (C=O) groups is 2. The molecule has 0 heterocycles. The van der Waals surface area contributed by atoms with Crippen molar-refractivity contribution in [3.05, 3.63) is 17.5 Å². The van der Waals surface area contributed by atoms with Crippen LogP contribution in [0.2, 0.25) is 0 Å². The number of carbonyl (C=O) groups excluding carboxylic acids is 2. The Hall–Kier alpha value is -2.05. The zero-order valence-corrected chi connectivity index (χ0v) is 6.89. The van der Waals surface area contributed by atoms with Crippen LogP contribution in [0.25, 0.3) is 0 Å². The minimum Gasteiger partial charge on any atom is -0.406 e. The second-order valence-corrected chi connectivity index (χ2v) is 1.84. The number of hydrogen-bond acceptors (Lipinski definition) is 4. The Balaban J connectivity index is 3.96. The molecule has 2 amide bonds. The maximum atomic E-state index is 10.7. The van der Waals surface area contributed by atoms with E-state index in [1.807, 2.05) is 0 Å². The van der Waals surface area contributed by atoms with E-state index in [2.05, 4.69) is 10.2 Å². The molecular formula is C6H9N3O4. The summed E-state index contributed by atoms with van der Waals surface area (Å²) in [6.07, 6.45) is 2.57. The summed E-state index contributed by atoms with van der Waals surface area (Å²) >= 11 is 0. The van der Waals surface area contributed by atoms with Crippen LogP contribution in [0, 0.1) is 5.21 Å². The topological polar surface area (TPSA) is 107 Å². The maximum absolute atomic E-state index is 10.7. The Morgan fingerprint density at radius 1 is 1.62 bits per heavy atom. The summed E-state index contributed by atoms with van der Waals surface area (Å²) in [5.41, 5.74) is 4.72. The molecule has 0 fully saturated rings. The Bertz CT molecular complexity index is 259. The van der Waals surface area contributed by atoms with Crippen molar-refractivity contribution >= 4 is 18.0 Å². The molecule has 0 aliphatic heterocycles. The Labute approximate surface area is 74.0 Å². The van der Waals surface area contributed by atoms with Crippen molar-refractivity contribution in [3.63, 3.8) is 0 Å². The van der Waals surface area contributed by atoms with Crippen LogP contribution in [-0.4, -0.2) is 30.0 Å². The lowest BCUT2D eigenvalue weighted by Crippen LogP contribution is -2.23. The minimum atomic E-state index is -0.727. The highest BCUT2D eigenvalue weighted by Crippen LogP contribution is 1.69. The molecule has 0 radical (unpaired) electrons. The van der Waals surface area contributed by atoms with E-state index in [1.165, 1.54) is 0 Å². The average molecular weight is 187 g/mol. The molecule has 0 aromatic carbocycles. The molecule has 0 saturated heterocycles. The van der Waals surface area contributed by atoms with Crippen molar-refractivity contribution in [3.8, 4) is 0 Å². The first kappa shape index (κ1) is 11.0. The van der Waals surface area contributed by atoms with E-state index in [1.54, 1.807) is 0 Å². The van der Waals surface area contributed by atoms with Gasteiger partial charge in [0.25, 0.3) is 6.21 Å². The second-order valence-electron chi connectivity index (χ2n) is 1.84. The lowest BCUT2D eigenvalue weighted by atomic mass is 10.5. The van der Waals surface area contributed by atoms with Gasteiger partial charge in [-0.15, -0.1) is 0 Å². The molecule has 72 valence electrons. The molecule has 0 unspecified atom stereocenters. The Morgan fingerprint density at radius 3 is 2.69 bits per heavy atom. The minimum absolute atomic E-state index is 0.0343. The molecule has 3 N–H and O–H groups in total. The number of hydrogen-bond donors (Lipinski definition) is 2. The van der Waals surface area contributed by atoms with Gasteiger partial charge in [0.2, 0.25) is 5.91 Å². The van der Waals surface area contributed by atoms with Crippen molar-refractivity contribution in [2.75, 3.05) is 7.11 Å². The van der Waals surface area contributed by atoms with Gasteiger partial charge >= 0.3 is 5.91 Å². The van der Waals surface area contributed by atoms with Gasteiger partial charge in [0.05, 0.1) is 0 Å². The number of rotatable bonds is 4. The zero-order valence-electron chi connectivity index (χ0n) is 6.89. The van der Waals surface area contributed by atoms with Gasteiger partial charge in [-0.05, 0) is 0 Å². The van der Waals surface area contributed by atoms with E-state index in [4.69, 9.17) is 5.73 Å². The van der Waals surface area contributed by atoms with Gasteiger partial charge in [0, 0.05) is 24.3 Å². The highest BCUT2D eigenvalue weighted by molar-refractivity contribution is 6.24. The standard InChI is InChI=1S/C6H9N3O4/c1-13-9(12)4-6(11)8-3-2-5(7)10/h2-4H,1H3,(H2,7,10)(H,8,11)/b3-2+,9-4?. The van der Waals surface area contributed by atoms with Crippen LogP contribution in [-0.2, 0) is 14.4 Å². The molecule has 0 bridgehead atoms. The van der Waals surface area contributed by atoms with Crippen LogP contribution in [0.3, 0.4) is 0 Å². The van der Waals surface area contributed by atoms with Gasteiger partial charge < -0.3 is 15.9 Å². The number of nitrogens with zero attached hydrogens (tertiary/aromatic N) is 1. The molecule has 0 aromatic heterocycles. The van der Waals surface area contributed by atoms with Gasteiger partial charge in [-0.1, -0.05) is 0 Å². The summed E-state index contributed by atoms with van der Waals surface area (Å²) in [6.45, 7) is 0. The van der Waals surface area contributed by atoms with Crippen molar-refractivity contribution in [2.45, 2.75) is 0 Å². The lowest BCUT2D eigenvalue weighted by molar-refractivity contribution is -0.729. The van der Waals surface area contributed by atoms with Crippen molar-refractivity contribution in [1.29, 1.82) is 0 Å². The quantitative estimate of drug-likeness (QED) is 0.235. The molecule has 13 heavy (non-hydrogen) atoms. The fraction of sp³-hybridized carbons (Fsp3) is 0.167. The molecule has 7 heteroatoms. The maximum Gasteiger partial charge on any atom is 0.318 e. The predicted octanol–water partition coefficient (Wildman–Crippen LogP) is -1.76. The van der Waals surface area contributed by atoms with E-state index in [0.717, 1.165) is 19.4 Å². The average Bonchev–Trinajstić information content (AvgIpc) is 2.03. The number of amides is 2. The second kappa shape index (κ2) is 5.58. The fourth-order valence-corrected chi connectivity index (χ4v) is 0.392. The third-order valence-corrected chi connectivity index (χ3v) is 0.876. The van der Waals surface area contributed by atoms with Crippen molar-refractivity contribution < 1.29 is 19.3 Å². The molecular weight excluding hydrogens is 178 g/mol. The van der Waals surface area contributed by atoms with E-state index >= 15 is 0 Å². The van der Waals surface area contributed by atoms with E-state index in [0.29, 0.717) is 6.21 Å². The fourth-order valence-electron chi connectivity index (χ4n) is 0.392. The first-order chi connectivity index (χ1) is 6.06. The van der Waals surface area contributed by atoms with Crippen molar-refractivity contribution in [2.24, 2.45) is 5.73 Å². The number of nitrogens with two attached hydrogens (primary N) is 1. The number of primary amides is 1. The summed E-state index contributed by atoms with van der Waals surface area (Å²) in [7, 11) is 1.11. The molecule has 0 atom stereocenters. The SMILES string of the molecule is CO[N+]([O-])=CC(=O)N/C=C/C(N)=O. The highest BCUT2D eigenvalue weighted by atomic mass is 16.9. The first-order valence-electron chi connectivity index (χ1n) is 3.18. The monoisotopic (exact) mass is 187 g/mol. The van der Waals surface area contributed by atoms with Gasteiger partial charge in [0.1, 0.15) is 0 Å². The zero-order chi connectivity index (χ0) is 10.3. The summed E-state index contributed by atoms with van der Waals surface area (Å²) in [4.78, 5) is 24.9. The van der Waals surface area contributed by atoms with Crippen LogP contribution >= 0.6 is 0 Å². The van der Waals surface area contributed by atoms with E-state index in [9.17, 15) is 14.8 Å². The molecule has 0 aliphatic carbocycles. The molecule has 0 spiro atoms. The van der Waals surface area contributed by atoms with Gasteiger partial charge in [-0.3, -0.25) is 14.8 Å². The summed E-state index contributed by atoms with van der Waals surface area (Å²) < 4.78 is 0. The van der Waals surface area contributed by atoms with Crippen LogP contribution in [0.5, 0.6) is 0 Å². The smallest absolute Gasteiger partial charge is 0.318 e. The summed E-state index contributed by atoms with van der Waals surface area (Å²) in [6, 6.07) is 0. The Morgan fingerprint density at radius 2 is 2.23 bits per heavy atom. The van der Waals surface area contributed by atoms with E-state index in [-0.39, 0.29) is 4.90 Å². The van der Waals surface area contributed by atoms with Gasteiger partial charge in [-0.25, -0.2) is 0 Å². The molecule has 0 aliphatic rings. The highest BCUT2D eigenvalue weighted by Gasteiger charge is 2.00. The van der Waals surface area contributed by atoms with Crippen LogP contribution in [0.4, 0.5) is 0 Å². The third-order valence-electron chi connectivity index (χ3n) is 0.876. The van der Waals surface area contributed by atoms with Crippen molar-refractivity contribution in [1.82, 2.24) is 5.32 Å². The van der Waals surface area contributed by atoms with Crippen LogP contribution in [0.1, 0.15) is 0 Å². The Kier molecular flexibility index (Phi) is 4.70. The predicted molar refractivity (Wildman–Crippen MR) is 43.2 cm³/mol. The number of nitrogens with one attached hydrogen (secondary N) is 1. The van der Waals surface area contributed by atoms with Gasteiger partial charge in [0.15, 0.2) is 0 Å². The molecule has 7 nitrogen and oxygen atoms in total. The molecule has 0 aromatic rings. The largest absolute Gasteiger partial charge is 0.406 e. The molecule has 0 rings (SSSR count). The van der Waals surface area contributed by atoms with E-state index < -0.39 is 11.8 Å². The lowest BCUT2D eigenvalue weighted by Gasteiger charge is -1.94. The normalized spacial score (nSPS) is 11.3. The van der Waals surface area contributed by atoms with Gasteiger partial charge in [-0.2, -0.15) is 0 Å². The van der Waals surface area contributed by atoms with Crippen LogP contribution in [0.15, 0.2) is 12.3 Å². The summed E-state index contributed by atoms with van der Waals surface area (Å²) in [5, 5.41) is 12.5. The van der Waals surface area contributed by atoms with Crippen LogP contribution < -0.4 is 11.1 Å². The molecule has 0 saturated carbocycles. The first-order valence-corrected chi connectivity index (χ1v) is 3.18. The summed E-state index contributed by atoms with van der Waals surface area (Å²) in [5.74, 6) is -1.43.